The monoisotopic (exact) mass is 273 g/mol. The smallest absolute Gasteiger partial charge is 0.119 e. The van der Waals surface area contributed by atoms with Gasteiger partial charge in [0.25, 0.3) is 0 Å². The van der Waals surface area contributed by atoms with E-state index in [9.17, 15) is 0 Å². The standard InChI is InChI=1S/C18H27NO/c1-2-20-17-9-5-8-15(13-17)18-10-4-3-7-16(18)14-19-12-6-11-18/h5,8-9,13,16,19H,2-4,6-7,10-12,14H2,1H3/t16-,18-/m0/s1. The van der Waals surface area contributed by atoms with Gasteiger partial charge in [-0.3, -0.25) is 0 Å². The van der Waals surface area contributed by atoms with Crippen LogP contribution in [0.1, 0.15) is 51.0 Å². The Balaban J connectivity index is 1.95. The summed E-state index contributed by atoms with van der Waals surface area (Å²) in [5.74, 6) is 1.84. The maximum Gasteiger partial charge on any atom is 0.119 e. The van der Waals surface area contributed by atoms with Gasteiger partial charge in [0.05, 0.1) is 6.61 Å². The van der Waals surface area contributed by atoms with Crippen LogP contribution >= 0.6 is 0 Å². The molecule has 1 aliphatic heterocycles. The fourth-order valence-corrected chi connectivity index (χ4v) is 4.33. The zero-order valence-electron chi connectivity index (χ0n) is 12.7. The van der Waals surface area contributed by atoms with Crippen LogP contribution in [-0.4, -0.2) is 19.7 Å². The van der Waals surface area contributed by atoms with Crippen molar-refractivity contribution in [3.05, 3.63) is 29.8 Å². The number of nitrogens with one attached hydrogen (secondary N) is 1. The molecule has 0 amide bonds. The second kappa shape index (κ2) is 6.17. The topological polar surface area (TPSA) is 21.3 Å². The van der Waals surface area contributed by atoms with Gasteiger partial charge in [-0.05, 0) is 74.7 Å². The molecule has 3 rings (SSSR count). The summed E-state index contributed by atoms with van der Waals surface area (Å²) in [7, 11) is 0. The lowest BCUT2D eigenvalue weighted by Gasteiger charge is -2.44. The highest BCUT2D eigenvalue weighted by Crippen LogP contribution is 2.48. The van der Waals surface area contributed by atoms with E-state index in [-0.39, 0.29) is 0 Å². The van der Waals surface area contributed by atoms with Gasteiger partial charge in [-0.1, -0.05) is 25.0 Å². The fourth-order valence-electron chi connectivity index (χ4n) is 4.33. The maximum atomic E-state index is 5.73. The highest BCUT2D eigenvalue weighted by atomic mass is 16.5. The Morgan fingerprint density at radius 3 is 3.05 bits per heavy atom. The molecule has 2 fully saturated rings. The molecule has 1 saturated carbocycles. The summed E-state index contributed by atoms with van der Waals surface area (Å²) in [5.41, 5.74) is 1.92. The molecule has 0 unspecified atom stereocenters. The Morgan fingerprint density at radius 1 is 1.25 bits per heavy atom. The molecule has 2 nitrogen and oxygen atoms in total. The fraction of sp³-hybridized carbons (Fsp3) is 0.667. The van der Waals surface area contributed by atoms with Crippen molar-refractivity contribution >= 4 is 0 Å². The van der Waals surface area contributed by atoms with Gasteiger partial charge >= 0.3 is 0 Å². The summed E-state index contributed by atoms with van der Waals surface area (Å²) >= 11 is 0. The van der Waals surface area contributed by atoms with E-state index < -0.39 is 0 Å². The minimum absolute atomic E-state index is 0.398. The van der Waals surface area contributed by atoms with E-state index in [0.29, 0.717) is 5.41 Å². The normalized spacial score (nSPS) is 30.4. The molecular formula is C18H27NO. The number of ether oxygens (including phenoxy) is 1. The largest absolute Gasteiger partial charge is 0.494 e. The molecule has 2 heteroatoms. The quantitative estimate of drug-likeness (QED) is 0.902. The molecule has 1 aliphatic carbocycles. The number of rotatable bonds is 3. The highest BCUT2D eigenvalue weighted by Gasteiger charge is 2.42. The second-order valence-electron chi connectivity index (χ2n) is 6.37. The summed E-state index contributed by atoms with van der Waals surface area (Å²) in [6.07, 6.45) is 8.16. The van der Waals surface area contributed by atoms with E-state index in [0.717, 1.165) is 18.3 Å². The zero-order valence-corrected chi connectivity index (χ0v) is 12.7. The number of hydrogen-bond donors (Lipinski definition) is 1. The zero-order chi connectivity index (χ0) is 13.8. The van der Waals surface area contributed by atoms with Crippen molar-refractivity contribution in [2.45, 2.75) is 50.9 Å². The highest BCUT2D eigenvalue weighted by molar-refractivity contribution is 5.35. The molecule has 0 radical (unpaired) electrons. The minimum atomic E-state index is 0.398. The third kappa shape index (κ3) is 2.58. The Bertz CT molecular complexity index is 445. The van der Waals surface area contributed by atoms with E-state index in [2.05, 4.69) is 36.5 Å². The number of benzene rings is 1. The molecule has 1 aromatic carbocycles. The molecule has 1 saturated heterocycles. The number of fused-ring (bicyclic) bond motifs is 1. The minimum Gasteiger partial charge on any atom is -0.494 e. The average molecular weight is 273 g/mol. The van der Waals surface area contributed by atoms with Gasteiger partial charge in [0.1, 0.15) is 5.75 Å². The van der Waals surface area contributed by atoms with Crippen LogP contribution in [0.5, 0.6) is 5.75 Å². The van der Waals surface area contributed by atoms with Crippen molar-refractivity contribution in [3.8, 4) is 5.75 Å². The van der Waals surface area contributed by atoms with Crippen LogP contribution in [0.15, 0.2) is 24.3 Å². The predicted octanol–water partition coefficient (Wildman–Crippen LogP) is 3.90. The van der Waals surface area contributed by atoms with Crippen LogP contribution in [-0.2, 0) is 5.41 Å². The van der Waals surface area contributed by atoms with E-state index in [1.54, 1.807) is 0 Å². The van der Waals surface area contributed by atoms with Crippen LogP contribution in [0.4, 0.5) is 0 Å². The van der Waals surface area contributed by atoms with Crippen LogP contribution in [0.3, 0.4) is 0 Å². The van der Waals surface area contributed by atoms with Gasteiger partial charge in [0, 0.05) is 0 Å². The lowest BCUT2D eigenvalue weighted by Crippen LogP contribution is -2.40. The van der Waals surface area contributed by atoms with Crippen molar-refractivity contribution in [1.82, 2.24) is 5.32 Å². The lowest BCUT2D eigenvalue weighted by atomic mass is 9.61. The van der Waals surface area contributed by atoms with Crippen molar-refractivity contribution < 1.29 is 4.74 Å². The molecule has 110 valence electrons. The molecule has 1 heterocycles. The Morgan fingerprint density at radius 2 is 2.15 bits per heavy atom. The van der Waals surface area contributed by atoms with E-state index in [4.69, 9.17) is 4.74 Å². The molecule has 1 aromatic rings. The van der Waals surface area contributed by atoms with Gasteiger partial charge in [-0.15, -0.1) is 0 Å². The van der Waals surface area contributed by atoms with Crippen LogP contribution in [0.2, 0.25) is 0 Å². The first kappa shape index (κ1) is 13.9. The third-order valence-electron chi connectivity index (χ3n) is 5.29. The summed E-state index contributed by atoms with van der Waals surface area (Å²) in [5, 5.41) is 3.65. The van der Waals surface area contributed by atoms with Crippen molar-refractivity contribution in [2.75, 3.05) is 19.7 Å². The van der Waals surface area contributed by atoms with E-state index >= 15 is 0 Å². The SMILES string of the molecule is CCOc1cccc([C@@]23CCCC[C@H]2CNCCC3)c1. The molecule has 1 N–H and O–H groups in total. The Labute approximate surface area is 122 Å². The van der Waals surface area contributed by atoms with E-state index in [1.807, 2.05) is 0 Å². The van der Waals surface area contributed by atoms with Crippen LogP contribution < -0.4 is 10.1 Å². The molecule has 0 aromatic heterocycles. The Kier molecular flexibility index (Phi) is 4.30. The summed E-state index contributed by atoms with van der Waals surface area (Å²) in [4.78, 5) is 0. The van der Waals surface area contributed by atoms with Gasteiger partial charge in [-0.25, -0.2) is 0 Å². The van der Waals surface area contributed by atoms with Crippen molar-refractivity contribution in [2.24, 2.45) is 5.92 Å². The molecule has 0 bridgehead atoms. The first-order valence-electron chi connectivity index (χ1n) is 8.29. The van der Waals surface area contributed by atoms with Gasteiger partial charge < -0.3 is 10.1 Å². The Hall–Kier alpha value is -1.02. The molecule has 0 spiro atoms. The van der Waals surface area contributed by atoms with Gasteiger partial charge in [0.15, 0.2) is 0 Å². The van der Waals surface area contributed by atoms with Gasteiger partial charge in [0.2, 0.25) is 0 Å². The molecule has 2 atom stereocenters. The third-order valence-corrected chi connectivity index (χ3v) is 5.29. The second-order valence-corrected chi connectivity index (χ2v) is 6.37. The van der Waals surface area contributed by atoms with E-state index in [1.165, 1.54) is 57.2 Å². The number of hydrogen-bond acceptors (Lipinski definition) is 2. The molecule has 2 aliphatic rings. The summed E-state index contributed by atoms with van der Waals surface area (Å²) < 4.78 is 5.73. The lowest BCUT2D eigenvalue weighted by molar-refractivity contribution is 0.180. The average Bonchev–Trinajstić information content (AvgIpc) is 2.71. The molecule has 20 heavy (non-hydrogen) atoms. The summed E-state index contributed by atoms with van der Waals surface area (Å²) in [6.45, 7) is 5.19. The predicted molar refractivity (Wildman–Crippen MR) is 83.4 cm³/mol. The van der Waals surface area contributed by atoms with Crippen LogP contribution in [0, 0.1) is 5.92 Å². The maximum absolute atomic E-state index is 5.73. The van der Waals surface area contributed by atoms with Crippen molar-refractivity contribution in [1.29, 1.82) is 0 Å². The van der Waals surface area contributed by atoms with Crippen LogP contribution in [0.25, 0.3) is 0 Å². The van der Waals surface area contributed by atoms with Gasteiger partial charge in [-0.2, -0.15) is 0 Å². The first-order chi connectivity index (χ1) is 9.85. The molecular weight excluding hydrogens is 246 g/mol. The summed E-state index contributed by atoms with van der Waals surface area (Å²) in [6, 6.07) is 8.93. The van der Waals surface area contributed by atoms with Crippen molar-refractivity contribution in [3.63, 3.8) is 0 Å². The first-order valence-corrected chi connectivity index (χ1v) is 8.29.